The highest BCUT2D eigenvalue weighted by Gasteiger charge is 2.10. The van der Waals surface area contributed by atoms with Crippen LogP contribution in [0.2, 0.25) is 0 Å². The first-order valence-electron chi connectivity index (χ1n) is 7.97. The highest BCUT2D eigenvalue weighted by atomic mass is 16.3. The molecule has 0 aliphatic heterocycles. The van der Waals surface area contributed by atoms with Crippen molar-refractivity contribution in [3.63, 3.8) is 0 Å². The summed E-state index contributed by atoms with van der Waals surface area (Å²) in [7, 11) is 0. The van der Waals surface area contributed by atoms with Crippen molar-refractivity contribution in [2.45, 2.75) is 13.3 Å². The van der Waals surface area contributed by atoms with Gasteiger partial charge in [-0.25, -0.2) is 4.98 Å². The van der Waals surface area contributed by atoms with Crippen molar-refractivity contribution >= 4 is 22.7 Å². The van der Waals surface area contributed by atoms with Crippen LogP contribution in [0.5, 0.6) is 0 Å². The standard InChI is InChI=1S/C20H16N2O3/c1-13-4-9-17-16(11-13)22-19(25-17)12-14-5-7-15(8-6-14)21-20(23)18-3-2-10-24-18/h2-11H,12H2,1H3,(H,21,23). The fraction of sp³-hybridized carbons (Fsp3) is 0.100. The number of rotatable bonds is 4. The van der Waals surface area contributed by atoms with E-state index in [4.69, 9.17) is 8.83 Å². The molecule has 4 aromatic rings. The predicted molar refractivity (Wildman–Crippen MR) is 94.7 cm³/mol. The lowest BCUT2D eigenvalue weighted by Gasteiger charge is -2.04. The number of hydrogen-bond donors (Lipinski definition) is 1. The number of aromatic nitrogens is 1. The highest BCUT2D eigenvalue weighted by molar-refractivity contribution is 6.02. The van der Waals surface area contributed by atoms with Crippen molar-refractivity contribution in [3.8, 4) is 0 Å². The molecule has 1 N–H and O–H groups in total. The summed E-state index contributed by atoms with van der Waals surface area (Å²) in [5.41, 5.74) is 4.59. The number of anilines is 1. The summed E-state index contributed by atoms with van der Waals surface area (Å²) >= 11 is 0. The summed E-state index contributed by atoms with van der Waals surface area (Å²) < 4.78 is 10.9. The SMILES string of the molecule is Cc1ccc2oc(Cc3ccc(NC(=O)c4ccco4)cc3)nc2c1. The average molecular weight is 332 g/mol. The van der Waals surface area contributed by atoms with Crippen LogP contribution in [0.3, 0.4) is 0 Å². The van der Waals surface area contributed by atoms with E-state index in [1.807, 2.05) is 49.4 Å². The quantitative estimate of drug-likeness (QED) is 0.594. The molecule has 0 spiro atoms. The third-order valence-corrected chi connectivity index (χ3v) is 3.90. The van der Waals surface area contributed by atoms with Gasteiger partial charge >= 0.3 is 0 Å². The van der Waals surface area contributed by atoms with Gasteiger partial charge in [0.2, 0.25) is 0 Å². The van der Waals surface area contributed by atoms with Crippen LogP contribution in [-0.4, -0.2) is 10.9 Å². The normalized spacial score (nSPS) is 10.9. The maximum absolute atomic E-state index is 11.9. The molecule has 1 amide bonds. The number of carbonyl (C=O) groups is 1. The molecule has 0 atom stereocenters. The van der Waals surface area contributed by atoms with Crippen LogP contribution in [0.15, 0.2) is 69.7 Å². The molecular formula is C20H16N2O3. The van der Waals surface area contributed by atoms with Crippen LogP contribution < -0.4 is 5.32 Å². The van der Waals surface area contributed by atoms with Crippen molar-refractivity contribution in [2.75, 3.05) is 5.32 Å². The Hall–Kier alpha value is -3.34. The molecule has 5 heteroatoms. The number of carbonyl (C=O) groups excluding carboxylic acids is 1. The van der Waals surface area contributed by atoms with Gasteiger partial charge in [-0.2, -0.15) is 0 Å². The number of hydrogen-bond acceptors (Lipinski definition) is 4. The summed E-state index contributed by atoms with van der Waals surface area (Å²) in [6.45, 7) is 2.03. The molecule has 25 heavy (non-hydrogen) atoms. The van der Waals surface area contributed by atoms with E-state index in [0.29, 0.717) is 18.0 Å². The monoisotopic (exact) mass is 332 g/mol. The van der Waals surface area contributed by atoms with E-state index < -0.39 is 0 Å². The Kier molecular flexibility index (Phi) is 3.82. The lowest BCUT2D eigenvalue weighted by atomic mass is 10.1. The third kappa shape index (κ3) is 3.30. The topological polar surface area (TPSA) is 68.3 Å². The first kappa shape index (κ1) is 15.2. The first-order chi connectivity index (χ1) is 12.2. The van der Waals surface area contributed by atoms with Crippen LogP contribution in [0.25, 0.3) is 11.1 Å². The Balaban J connectivity index is 1.47. The molecule has 0 unspecified atom stereocenters. The lowest BCUT2D eigenvalue weighted by molar-refractivity contribution is 0.0996. The van der Waals surface area contributed by atoms with Gasteiger partial charge in [0.1, 0.15) is 5.52 Å². The third-order valence-electron chi connectivity index (χ3n) is 3.90. The van der Waals surface area contributed by atoms with E-state index in [9.17, 15) is 4.79 Å². The largest absolute Gasteiger partial charge is 0.459 e. The molecule has 2 aromatic carbocycles. The zero-order valence-corrected chi connectivity index (χ0v) is 13.7. The van der Waals surface area contributed by atoms with Gasteiger partial charge < -0.3 is 14.2 Å². The number of amides is 1. The molecule has 0 bridgehead atoms. The fourth-order valence-electron chi connectivity index (χ4n) is 2.64. The van der Waals surface area contributed by atoms with E-state index in [-0.39, 0.29) is 11.7 Å². The average Bonchev–Trinajstić information content (AvgIpc) is 3.25. The highest BCUT2D eigenvalue weighted by Crippen LogP contribution is 2.20. The molecule has 0 radical (unpaired) electrons. The molecule has 0 aliphatic rings. The summed E-state index contributed by atoms with van der Waals surface area (Å²) in [4.78, 5) is 16.5. The van der Waals surface area contributed by atoms with Crippen LogP contribution >= 0.6 is 0 Å². The van der Waals surface area contributed by atoms with Gasteiger partial charge in [0.25, 0.3) is 5.91 Å². The van der Waals surface area contributed by atoms with Gasteiger partial charge in [0.15, 0.2) is 17.2 Å². The maximum atomic E-state index is 11.9. The Labute approximate surface area is 144 Å². The number of fused-ring (bicyclic) bond motifs is 1. The van der Waals surface area contributed by atoms with Gasteiger partial charge in [-0.05, 0) is 54.4 Å². The molecule has 4 rings (SSSR count). The number of nitrogens with one attached hydrogen (secondary N) is 1. The number of oxazole rings is 1. The van der Waals surface area contributed by atoms with E-state index in [1.165, 1.54) is 6.26 Å². The fourth-order valence-corrected chi connectivity index (χ4v) is 2.64. The van der Waals surface area contributed by atoms with Crippen LogP contribution in [-0.2, 0) is 6.42 Å². The molecule has 0 saturated heterocycles. The summed E-state index contributed by atoms with van der Waals surface area (Å²) in [5.74, 6) is 0.686. The zero-order chi connectivity index (χ0) is 17.2. The molecule has 0 fully saturated rings. The maximum Gasteiger partial charge on any atom is 0.291 e. The molecule has 2 heterocycles. The molecular weight excluding hydrogens is 316 g/mol. The van der Waals surface area contributed by atoms with Gasteiger partial charge in [-0.1, -0.05) is 18.2 Å². The molecule has 0 aliphatic carbocycles. The molecule has 5 nitrogen and oxygen atoms in total. The van der Waals surface area contributed by atoms with Gasteiger partial charge in [-0.15, -0.1) is 0 Å². The molecule has 124 valence electrons. The van der Waals surface area contributed by atoms with Gasteiger partial charge in [0, 0.05) is 12.1 Å². The second kappa shape index (κ2) is 6.28. The lowest BCUT2D eigenvalue weighted by Crippen LogP contribution is -2.10. The minimum absolute atomic E-state index is 0.271. The zero-order valence-electron chi connectivity index (χ0n) is 13.7. The minimum Gasteiger partial charge on any atom is -0.459 e. The van der Waals surface area contributed by atoms with Crippen molar-refractivity contribution < 1.29 is 13.6 Å². The van der Waals surface area contributed by atoms with Crippen LogP contribution in [0, 0.1) is 6.92 Å². The molecule has 2 aromatic heterocycles. The van der Waals surface area contributed by atoms with E-state index in [1.54, 1.807) is 12.1 Å². The smallest absolute Gasteiger partial charge is 0.291 e. The Bertz CT molecular complexity index is 1010. The van der Waals surface area contributed by atoms with Gasteiger partial charge in [-0.3, -0.25) is 4.79 Å². The number of nitrogens with zero attached hydrogens (tertiary/aromatic N) is 1. The number of furan rings is 1. The summed E-state index contributed by atoms with van der Waals surface area (Å²) in [6.07, 6.45) is 2.07. The van der Waals surface area contributed by atoms with Crippen LogP contribution in [0.1, 0.15) is 27.6 Å². The van der Waals surface area contributed by atoms with E-state index in [2.05, 4.69) is 10.3 Å². The number of aryl methyl sites for hydroxylation is 1. The Morgan fingerprint density at radius 2 is 1.96 bits per heavy atom. The second-order valence-electron chi connectivity index (χ2n) is 5.88. The van der Waals surface area contributed by atoms with Gasteiger partial charge in [0.05, 0.1) is 6.26 Å². The second-order valence-corrected chi connectivity index (χ2v) is 5.88. The van der Waals surface area contributed by atoms with Crippen LogP contribution in [0.4, 0.5) is 5.69 Å². The van der Waals surface area contributed by atoms with Crippen molar-refractivity contribution in [1.82, 2.24) is 4.98 Å². The van der Waals surface area contributed by atoms with Crippen molar-refractivity contribution in [3.05, 3.63) is 83.6 Å². The van der Waals surface area contributed by atoms with Crippen molar-refractivity contribution in [2.24, 2.45) is 0 Å². The summed E-state index contributed by atoms with van der Waals surface area (Å²) in [6, 6.07) is 16.8. The van der Waals surface area contributed by atoms with E-state index in [0.717, 1.165) is 22.2 Å². The Morgan fingerprint density at radius 1 is 1.12 bits per heavy atom. The minimum atomic E-state index is -0.271. The molecule has 0 saturated carbocycles. The van der Waals surface area contributed by atoms with Crippen molar-refractivity contribution in [1.29, 1.82) is 0 Å². The predicted octanol–water partition coefficient (Wildman–Crippen LogP) is 4.57. The summed E-state index contributed by atoms with van der Waals surface area (Å²) in [5, 5.41) is 2.79. The number of benzene rings is 2. The first-order valence-corrected chi connectivity index (χ1v) is 7.97. The van der Waals surface area contributed by atoms with E-state index >= 15 is 0 Å². The Morgan fingerprint density at radius 3 is 2.72 bits per heavy atom.